The fraction of sp³-hybridized carbons (Fsp3) is 0.348. The van der Waals surface area contributed by atoms with Crippen molar-refractivity contribution in [1.29, 1.82) is 0 Å². The van der Waals surface area contributed by atoms with E-state index in [1.807, 2.05) is 10.3 Å². The molecule has 3 heterocycles. The standard InChI is InChI=1S/C23H26N6O2S/c1-15-10-17(3)18(11-16(15)2)20-14-32-23(26-20)27-21(30)13-28-6-8-29(9-7-28)22(31)19-12-24-4-5-25-19/h4-5,10-12,14H,6-9,13H2,1-3H3,(H,26,27,30). The van der Waals surface area contributed by atoms with Crippen LogP contribution in [-0.2, 0) is 4.79 Å². The van der Waals surface area contributed by atoms with Gasteiger partial charge in [-0.15, -0.1) is 11.3 Å². The van der Waals surface area contributed by atoms with Crippen molar-refractivity contribution in [3.63, 3.8) is 0 Å². The number of amides is 2. The molecule has 0 spiro atoms. The third-order valence-corrected chi connectivity index (χ3v) is 6.43. The Hall–Kier alpha value is -3.17. The van der Waals surface area contributed by atoms with Crippen LogP contribution in [0, 0.1) is 20.8 Å². The molecule has 2 aromatic heterocycles. The highest BCUT2D eigenvalue weighted by atomic mass is 32.1. The number of hydrogen-bond acceptors (Lipinski definition) is 7. The molecule has 8 nitrogen and oxygen atoms in total. The van der Waals surface area contributed by atoms with Crippen LogP contribution in [0.3, 0.4) is 0 Å². The molecule has 32 heavy (non-hydrogen) atoms. The summed E-state index contributed by atoms with van der Waals surface area (Å²) in [5.74, 6) is -0.226. The zero-order valence-corrected chi connectivity index (χ0v) is 19.3. The fourth-order valence-electron chi connectivity index (χ4n) is 3.73. The topological polar surface area (TPSA) is 91.3 Å². The second-order valence-corrected chi connectivity index (χ2v) is 8.85. The first kappa shape index (κ1) is 22.0. The van der Waals surface area contributed by atoms with Gasteiger partial charge in [-0.1, -0.05) is 6.07 Å². The van der Waals surface area contributed by atoms with E-state index < -0.39 is 0 Å². The van der Waals surface area contributed by atoms with E-state index in [4.69, 9.17) is 0 Å². The summed E-state index contributed by atoms with van der Waals surface area (Å²) >= 11 is 1.43. The van der Waals surface area contributed by atoms with Crippen LogP contribution < -0.4 is 5.32 Å². The molecular weight excluding hydrogens is 424 g/mol. The maximum Gasteiger partial charge on any atom is 0.274 e. The number of carbonyl (C=O) groups is 2. The Morgan fingerprint density at radius 2 is 1.78 bits per heavy atom. The average Bonchev–Trinajstić information content (AvgIpc) is 3.25. The molecule has 0 saturated carbocycles. The molecule has 0 bridgehead atoms. The molecule has 1 fully saturated rings. The average molecular weight is 451 g/mol. The summed E-state index contributed by atoms with van der Waals surface area (Å²) < 4.78 is 0. The van der Waals surface area contributed by atoms with Gasteiger partial charge in [-0.25, -0.2) is 9.97 Å². The molecule has 0 unspecified atom stereocenters. The molecule has 9 heteroatoms. The number of carbonyl (C=O) groups excluding carboxylic acids is 2. The van der Waals surface area contributed by atoms with Crippen molar-refractivity contribution in [1.82, 2.24) is 24.8 Å². The zero-order chi connectivity index (χ0) is 22.7. The van der Waals surface area contributed by atoms with Gasteiger partial charge in [-0.3, -0.25) is 19.5 Å². The first-order valence-corrected chi connectivity index (χ1v) is 11.4. The van der Waals surface area contributed by atoms with Crippen LogP contribution in [0.4, 0.5) is 5.13 Å². The van der Waals surface area contributed by atoms with Gasteiger partial charge in [0.05, 0.1) is 18.4 Å². The quantitative estimate of drug-likeness (QED) is 0.643. The van der Waals surface area contributed by atoms with Gasteiger partial charge in [0.1, 0.15) is 5.69 Å². The van der Waals surface area contributed by atoms with E-state index >= 15 is 0 Å². The smallest absolute Gasteiger partial charge is 0.274 e. The molecule has 0 atom stereocenters. The molecule has 1 saturated heterocycles. The van der Waals surface area contributed by atoms with Crippen LogP contribution in [-0.4, -0.2) is 69.3 Å². The number of aromatic nitrogens is 3. The fourth-order valence-corrected chi connectivity index (χ4v) is 4.46. The third kappa shape index (κ3) is 5.00. The summed E-state index contributed by atoms with van der Waals surface area (Å²) in [6.07, 6.45) is 4.53. The lowest BCUT2D eigenvalue weighted by atomic mass is 9.99. The summed E-state index contributed by atoms with van der Waals surface area (Å²) in [6.45, 7) is 8.90. The Labute approximate surface area is 191 Å². The molecule has 3 aromatic rings. The molecule has 1 N–H and O–H groups in total. The molecular formula is C23H26N6O2S. The highest BCUT2D eigenvalue weighted by Gasteiger charge is 2.24. The lowest BCUT2D eigenvalue weighted by Crippen LogP contribution is -2.50. The lowest BCUT2D eigenvalue weighted by molar-refractivity contribution is -0.117. The summed E-state index contributed by atoms with van der Waals surface area (Å²) in [5.41, 5.74) is 5.97. The van der Waals surface area contributed by atoms with Crippen LogP contribution in [0.2, 0.25) is 0 Å². The monoisotopic (exact) mass is 450 g/mol. The van der Waals surface area contributed by atoms with Crippen LogP contribution >= 0.6 is 11.3 Å². The Kier molecular flexibility index (Phi) is 6.57. The van der Waals surface area contributed by atoms with Gasteiger partial charge in [0.15, 0.2) is 5.13 Å². The maximum absolute atomic E-state index is 12.5. The van der Waals surface area contributed by atoms with Crippen molar-refractivity contribution in [3.05, 3.63) is 58.5 Å². The van der Waals surface area contributed by atoms with Crippen molar-refractivity contribution in [3.8, 4) is 11.3 Å². The Morgan fingerprint density at radius 1 is 1.03 bits per heavy atom. The van der Waals surface area contributed by atoms with Crippen molar-refractivity contribution < 1.29 is 9.59 Å². The molecule has 1 aromatic carbocycles. The molecule has 2 amide bonds. The number of anilines is 1. The third-order valence-electron chi connectivity index (χ3n) is 5.68. The maximum atomic E-state index is 12.5. The molecule has 1 aliphatic heterocycles. The number of hydrogen-bond donors (Lipinski definition) is 1. The van der Waals surface area contributed by atoms with E-state index in [0.29, 0.717) is 37.0 Å². The van der Waals surface area contributed by atoms with E-state index in [1.165, 1.54) is 40.4 Å². The van der Waals surface area contributed by atoms with Gasteiger partial charge >= 0.3 is 0 Å². The predicted molar refractivity (Wildman–Crippen MR) is 125 cm³/mol. The number of rotatable bonds is 5. The highest BCUT2D eigenvalue weighted by Crippen LogP contribution is 2.29. The Bertz CT molecular complexity index is 1120. The van der Waals surface area contributed by atoms with Gasteiger partial charge in [0, 0.05) is 49.5 Å². The zero-order valence-electron chi connectivity index (χ0n) is 18.5. The van der Waals surface area contributed by atoms with E-state index in [1.54, 1.807) is 11.1 Å². The van der Waals surface area contributed by atoms with E-state index in [-0.39, 0.29) is 18.4 Å². The molecule has 0 radical (unpaired) electrons. The van der Waals surface area contributed by atoms with Crippen LogP contribution in [0.5, 0.6) is 0 Å². The number of benzene rings is 1. The predicted octanol–water partition coefficient (Wildman–Crippen LogP) is 2.92. The summed E-state index contributed by atoms with van der Waals surface area (Å²) in [4.78, 5) is 41.4. The van der Waals surface area contributed by atoms with Gasteiger partial charge in [0.25, 0.3) is 5.91 Å². The lowest BCUT2D eigenvalue weighted by Gasteiger charge is -2.33. The summed E-state index contributed by atoms with van der Waals surface area (Å²) in [6, 6.07) is 4.31. The normalized spacial score (nSPS) is 14.4. The minimum atomic E-state index is -0.126. The second kappa shape index (κ2) is 9.54. The van der Waals surface area contributed by atoms with Crippen molar-refractivity contribution in [2.24, 2.45) is 0 Å². The van der Waals surface area contributed by atoms with E-state index in [0.717, 1.165) is 11.3 Å². The van der Waals surface area contributed by atoms with Crippen LogP contribution in [0.1, 0.15) is 27.2 Å². The minimum Gasteiger partial charge on any atom is -0.335 e. The molecule has 0 aliphatic carbocycles. The number of piperazine rings is 1. The highest BCUT2D eigenvalue weighted by molar-refractivity contribution is 7.14. The Balaban J connectivity index is 1.30. The van der Waals surface area contributed by atoms with Crippen LogP contribution in [0.15, 0.2) is 36.1 Å². The number of nitrogens with one attached hydrogen (secondary N) is 1. The minimum absolute atomic E-state index is 0.101. The van der Waals surface area contributed by atoms with Crippen molar-refractivity contribution >= 4 is 28.3 Å². The number of aryl methyl sites for hydroxylation is 3. The summed E-state index contributed by atoms with van der Waals surface area (Å²) in [5, 5.41) is 5.48. The van der Waals surface area contributed by atoms with E-state index in [2.05, 4.69) is 53.2 Å². The van der Waals surface area contributed by atoms with Gasteiger partial charge in [-0.2, -0.15) is 0 Å². The molecule has 4 rings (SSSR count). The number of thiazole rings is 1. The first-order chi connectivity index (χ1) is 15.4. The first-order valence-electron chi connectivity index (χ1n) is 10.5. The van der Waals surface area contributed by atoms with Gasteiger partial charge in [-0.05, 0) is 43.5 Å². The number of nitrogens with zero attached hydrogens (tertiary/aromatic N) is 5. The Morgan fingerprint density at radius 3 is 2.50 bits per heavy atom. The molecule has 166 valence electrons. The SMILES string of the molecule is Cc1cc(C)c(-c2csc(NC(=O)CN3CCN(C(=O)c4cnccn4)CC3)n2)cc1C. The van der Waals surface area contributed by atoms with Gasteiger partial charge in [0.2, 0.25) is 5.91 Å². The molecule has 1 aliphatic rings. The summed E-state index contributed by atoms with van der Waals surface area (Å²) in [7, 11) is 0. The van der Waals surface area contributed by atoms with Crippen molar-refractivity contribution in [2.75, 3.05) is 38.0 Å². The largest absolute Gasteiger partial charge is 0.335 e. The van der Waals surface area contributed by atoms with Crippen LogP contribution in [0.25, 0.3) is 11.3 Å². The second-order valence-electron chi connectivity index (χ2n) is 8.00. The van der Waals surface area contributed by atoms with Gasteiger partial charge < -0.3 is 10.2 Å². The van der Waals surface area contributed by atoms with Crippen molar-refractivity contribution in [2.45, 2.75) is 20.8 Å². The van der Waals surface area contributed by atoms with E-state index in [9.17, 15) is 9.59 Å².